The first-order valence-electron chi connectivity index (χ1n) is 7.02. The average molecular weight is 292 g/mol. The van der Waals surface area contributed by atoms with Crippen LogP contribution < -0.4 is 0 Å². The lowest BCUT2D eigenvalue weighted by atomic mass is 10.1. The second kappa shape index (κ2) is 6.02. The molecule has 104 valence electrons. The van der Waals surface area contributed by atoms with Gasteiger partial charge in [-0.25, -0.2) is 4.98 Å². The van der Waals surface area contributed by atoms with E-state index in [1.54, 1.807) is 0 Å². The Morgan fingerprint density at radius 1 is 0.952 bits per heavy atom. The Bertz CT molecular complexity index is 789. The molecule has 1 heterocycles. The van der Waals surface area contributed by atoms with Crippen LogP contribution in [-0.2, 0) is 6.42 Å². The summed E-state index contributed by atoms with van der Waals surface area (Å²) in [5.41, 5.74) is 4.49. The molecule has 0 aliphatic carbocycles. The molecule has 2 nitrogen and oxygen atoms in total. The van der Waals surface area contributed by atoms with Crippen molar-refractivity contribution in [1.82, 2.24) is 9.97 Å². The zero-order chi connectivity index (χ0) is 14.7. The summed E-state index contributed by atoms with van der Waals surface area (Å²) in [4.78, 5) is 7.80. The van der Waals surface area contributed by atoms with Gasteiger partial charge in [0.1, 0.15) is 10.5 Å². The van der Waals surface area contributed by atoms with Crippen LogP contribution in [0.25, 0.3) is 22.6 Å². The van der Waals surface area contributed by atoms with Gasteiger partial charge in [-0.15, -0.1) is 0 Å². The SMILES string of the molecule is CCc1ccc(-c2cc(=S)nc(-c3ccccc3)[nH]2)cc1. The number of aromatic nitrogens is 2. The first-order chi connectivity index (χ1) is 10.3. The van der Waals surface area contributed by atoms with Crippen LogP contribution in [0.2, 0.25) is 0 Å². The predicted molar refractivity (Wildman–Crippen MR) is 89.7 cm³/mol. The van der Waals surface area contributed by atoms with E-state index in [2.05, 4.69) is 41.2 Å². The van der Waals surface area contributed by atoms with E-state index < -0.39 is 0 Å². The highest BCUT2D eigenvalue weighted by Crippen LogP contribution is 2.21. The molecular formula is C18H16N2S. The Morgan fingerprint density at radius 3 is 2.33 bits per heavy atom. The van der Waals surface area contributed by atoms with Gasteiger partial charge < -0.3 is 4.98 Å². The molecule has 1 aromatic heterocycles. The van der Waals surface area contributed by atoms with Gasteiger partial charge in [0.25, 0.3) is 0 Å². The molecule has 2 aromatic carbocycles. The molecule has 0 saturated carbocycles. The molecule has 3 heteroatoms. The molecule has 21 heavy (non-hydrogen) atoms. The van der Waals surface area contributed by atoms with Crippen molar-refractivity contribution in [2.75, 3.05) is 0 Å². The third-order valence-electron chi connectivity index (χ3n) is 3.46. The minimum absolute atomic E-state index is 0.599. The van der Waals surface area contributed by atoms with Crippen molar-refractivity contribution in [3.63, 3.8) is 0 Å². The molecule has 0 bridgehead atoms. The summed E-state index contributed by atoms with van der Waals surface area (Å²) >= 11 is 5.30. The van der Waals surface area contributed by atoms with E-state index in [1.807, 2.05) is 36.4 Å². The van der Waals surface area contributed by atoms with Crippen molar-refractivity contribution in [3.05, 3.63) is 70.9 Å². The Kier molecular flexibility index (Phi) is 3.93. The number of rotatable bonds is 3. The first-order valence-corrected chi connectivity index (χ1v) is 7.43. The van der Waals surface area contributed by atoms with Crippen LogP contribution in [-0.4, -0.2) is 9.97 Å². The number of H-pyrrole nitrogens is 1. The third kappa shape index (κ3) is 3.09. The van der Waals surface area contributed by atoms with Crippen LogP contribution in [0.15, 0.2) is 60.7 Å². The lowest BCUT2D eigenvalue weighted by Gasteiger charge is -2.07. The lowest BCUT2D eigenvalue weighted by molar-refractivity contribution is 1.13. The van der Waals surface area contributed by atoms with E-state index in [0.717, 1.165) is 29.1 Å². The van der Waals surface area contributed by atoms with Gasteiger partial charge in [0.05, 0.1) is 0 Å². The molecule has 1 N–H and O–H groups in total. The van der Waals surface area contributed by atoms with Crippen molar-refractivity contribution in [1.29, 1.82) is 0 Å². The van der Waals surface area contributed by atoms with Crippen LogP contribution in [0.3, 0.4) is 0 Å². The number of hydrogen-bond donors (Lipinski definition) is 1. The lowest BCUT2D eigenvalue weighted by Crippen LogP contribution is -1.93. The van der Waals surface area contributed by atoms with Gasteiger partial charge in [0, 0.05) is 11.3 Å². The Morgan fingerprint density at radius 2 is 1.67 bits per heavy atom. The average Bonchev–Trinajstić information content (AvgIpc) is 2.55. The van der Waals surface area contributed by atoms with Gasteiger partial charge >= 0.3 is 0 Å². The zero-order valence-electron chi connectivity index (χ0n) is 11.8. The van der Waals surface area contributed by atoms with Gasteiger partial charge in [-0.1, -0.05) is 73.7 Å². The van der Waals surface area contributed by atoms with Gasteiger partial charge in [-0.3, -0.25) is 0 Å². The van der Waals surface area contributed by atoms with E-state index in [-0.39, 0.29) is 0 Å². The summed E-state index contributed by atoms with van der Waals surface area (Å²) in [5.74, 6) is 0.803. The third-order valence-corrected chi connectivity index (χ3v) is 3.67. The minimum Gasteiger partial charge on any atom is -0.339 e. The summed E-state index contributed by atoms with van der Waals surface area (Å²) < 4.78 is 0.599. The van der Waals surface area contributed by atoms with Crippen LogP contribution in [0.4, 0.5) is 0 Å². The highest BCUT2D eigenvalue weighted by Gasteiger charge is 2.04. The first kappa shape index (κ1) is 13.7. The topological polar surface area (TPSA) is 28.7 Å². The smallest absolute Gasteiger partial charge is 0.139 e. The Balaban J connectivity index is 2.07. The molecule has 0 radical (unpaired) electrons. The van der Waals surface area contributed by atoms with Crippen molar-refractivity contribution < 1.29 is 0 Å². The van der Waals surface area contributed by atoms with Crippen LogP contribution in [0, 0.1) is 4.64 Å². The minimum atomic E-state index is 0.599. The summed E-state index contributed by atoms with van der Waals surface area (Å²) in [5, 5.41) is 0. The van der Waals surface area contributed by atoms with Crippen LogP contribution in [0.5, 0.6) is 0 Å². The Labute approximate surface area is 129 Å². The fourth-order valence-corrected chi connectivity index (χ4v) is 2.47. The highest BCUT2D eigenvalue weighted by atomic mass is 32.1. The predicted octanol–water partition coefficient (Wildman–Crippen LogP) is 5.04. The van der Waals surface area contributed by atoms with Crippen molar-refractivity contribution in [3.8, 4) is 22.6 Å². The van der Waals surface area contributed by atoms with Gasteiger partial charge in [-0.2, -0.15) is 0 Å². The second-order valence-electron chi connectivity index (χ2n) is 4.90. The molecule has 0 amide bonds. The number of aromatic amines is 1. The fourth-order valence-electron chi connectivity index (χ4n) is 2.27. The van der Waals surface area contributed by atoms with E-state index in [9.17, 15) is 0 Å². The Hall–Kier alpha value is -2.26. The van der Waals surface area contributed by atoms with Crippen molar-refractivity contribution in [2.24, 2.45) is 0 Å². The monoisotopic (exact) mass is 292 g/mol. The normalized spacial score (nSPS) is 10.5. The molecule has 3 rings (SSSR count). The summed E-state index contributed by atoms with van der Waals surface area (Å²) in [6.45, 7) is 2.16. The summed E-state index contributed by atoms with van der Waals surface area (Å²) in [6, 6.07) is 20.5. The maximum absolute atomic E-state index is 5.30. The van der Waals surface area contributed by atoms with Gasteiger partial charge in [0.15, 0.2) is 0 Å². The molecule has 0 atom stereocenters. The van der Waals surface area contributed by atoms with E-state index in [4.69, 9.17) is 12.2 Å². The second-order valence-corrected chi connectivity index (χ2v) is 5.32. The molecular weight excluding hydrogens is 276 g/mol. The fraction of sp³-hybridized carbons (Fsp3) is 0.111. The number of aryl methyl sites for hydroxylation is 1. The van der Waals surface area contributed by atoms with Crippen molar-refractivity contribution >= 4 is 12.2 Å². The molecule has 3 aromatic rings. The molecule has 0 unspecified atom stereocenters. The number of hydrogen-bond acceptors (Lipinski definition) is 2. The van der Waals surface area contributed by atoms with E-state index >= 15 is 0 Å². The molecule has 0 fully saturated rings. The molecule has 0 saturated heterocycles. The van der Waals surface area contributed by atoms with Crippen LogP contribution in [0.1, 0.15) is 12.5 Å². The van der Waals surface area contributed by atoms with Crippen molar-refractivity contribution in [2.45, 2.75) is 13.3 Å². The van der Waals surface area contributed by atoms with Gasteiger partial charge in [-0.05, 0) is 23.6 Å². The quantitative estimate of drug-likeness (QED) is 0.685. The molecule has 0 aliphatic rings. The summed E-state index contributed by atoms with van der Waals surface area (Å²) in [6.07, 6.45) is 1.04. The standard InChI is InChI=1S/C18H16N2S/c1-2-13-8-10-14(11-9-13)16-12-17(21)20-18(19-16)15-6-4-3-5-7-15/h3-12H,2H2,1H3,(H,19,20,21). The number of nitrogens with one attached hydrogen (secondary N) is 1. The molecule has 0 spiro atoms. The molecule has 0 aliphatic heterocycles. The van der Waals surface area contributed by atoms with E-state index in [1.165, 1.54) is 5.56 Å². The van der Waals surface area contributed by atoms with E-state index in [0.29, 0.717) is 4.64 Å². The maximum atomic E-state index is 5.30. The highest BCUT2D eigenvalue weighted by molar-refractivity contribution is 7.71. The zero-order valence-corrected chi connectivity index (χ0v) is 12.7. The number of nitrogens with zero attached hydrogens (tertiary/aromatic N) is 1. The summed E-state index contributed by atoms with van der Waals surface area (Å²) in [7, 11) is 0. The van der Waals surface area contributed by atoms with Crippen LogP contribution >= 0.6 is 12.2 Å². The maximum Gasteiger partial charge on any atom is 0.139 e. The van der Waals surface area contributed by atoms with Gasteiger partial charge in [0.2, 0.25) is 0 Å². The number of benzene rings is 2. The largest absolute Gasteiger partial charge is 0.339 e.